The summed E-state index contributed by atoms with van der Waals surface area (Å²) in [5, 5.41) is 10.2. The van der Waals surface area contributed by atoms with E-state index in [1.807, 2.05) is 24.3 Å². The Balaban J connectivity index is 2.04. The monoisotopic (exact) mass is 324 g/mol. The van der Waals surface area contributed by atoms with E-state index < -0.39 is 6.10 Å². The van der Waals surface area contributed by atoms with Crippen molar-refractivity contribution >= 4 is 15.9 Å². The Labute approximate surface area is 121 Å². The zero-order valence-electron chi connectivity index (χ0n) is 10.8. The summed E-state index contributed by atoms with van der Waals surface area (Å²) in [7, 11) is 0. The highest BCUT2D eigenvalue weighted by Crippen LogP contribution is 2.30. The van der Waals surface area contributed by atoms with Crippen LogP contribution >= 0.6 is 15.9 Å². The lowest BCUT2D eigenvalue weighted by molar-refractivity contribution is 0.188. The van der Waals surface area contributed by atoms with Crippen LogP contribution in [0.25, 0.3) is 0 Å². The molecule has 0 radical (unpaired) electrons. The number of rotatable bonds is 6. The third-order valence-corrected chi connectivity index (χ3v) is 3.51. The first kappa shape index (κ1) is 14.2. The first-order valence-electron chi connectivity index (χ1n) is 6.36. The second-order valence-electron chi connectivity index (χ2n) is 4.31. The van der Waals surface area contributed by atoms with Crippen molar-refractivity contribution in [1.29, 1.82) is 0 Å². The van der Waals surface area contributed by atoms with Crippen LogP contribution in [-0.4, -0.2) is 11.7 Å². The number of unbranched alkanes of at least 4 members (excludes halogenated alkanes) is 1. The van der Waals surface area contributed by atoms with E-state index in [-0.39, 0.29) is 0 Å². The maximum atomic E-state index is 10.2. The smallest absolute Gasteiger partial charge is 0.150 e. The van der Waals surface area contributed by atoms with E-state index in [1.54, 1.807) is 12.3 Å². The van der Waals surface area contributed by atoms with Gasteiger partial charge in [0.05, 0.1) is 17.3 Å². The second-order valence-corrected chi connectivity index (χ2v) is 5.16. The van der Waals surface area contributed by atoms with Crippen molar-refractivity contribution in [3.8, 4) is 5.75 Å². The molecular formula is C15H17BrO3. The van der Waals surface area contributed by atoms with Gasteiger partial charge in [0.25, 0.3) is 0 Å². The third-order valence-electron chi connectivity index (χ3n) is 2.86. The number of furan rings is 1. The number of benzene rings is 1. The third kappa shape index (κ3) is 3.61. The van der Waals surface area contributed by atoms with Crippen molar-refractivity contribution in [1.82, 2.24) is 0 Å². The zero-order valence-corrected chi connectivity index (χ0v) is 12.4. The summed E-state index contributed by atoms with van der Waals surface area (Å²) in [6.45, 7) is 2.85. The number of hydrogen-bond donors (Lipinski definition) is 1. The lowest BCUT2D eigenvalue weighted by Crippen LogP contribution is -2.00. The zero-order chi connectivity index (χ0) is 13.7. The molecule has 0 saturated carbocycles. The summed E-state index contributed by atoms with van der Waals surface area (Å²) in [4.78, 5) is 0. The minimum absolute atomic E-state index is 0.514. The Morgan fingerprint density at radius 1 is 1.26 bits per heavy atom. The minimum Gasteiger partial charge on any atom is -0.494 e. The van der Waals surface area contributed by atoms with Gasteiger partial charge in [0.2, 0.25) is 0 Å². The van der Waals surface area contributed by atoms with Crippen LogP contribution in [0.4, 0.5) is 0 Å². The molecule has 0 spiro atoms. The first-order chi connectivity index (χ1) is 9.22. The highest BCUT2D eigenvalue weighted by atomic mass is 79.9. The van der Waals surface area contributed by atoms with Crippen molar-refractivity contribution in [3.63, 3.8) is 0 Å². The SMILES string of the molecule is CCCCOc1ccc(C(O)c2occc2Br)cc1. The molecule has 0 amide bonds. The summed E-state index contributed by atoms with van der Waals surface area (Å²) in [5.41, 5.74) is 0.776. The Morgan fingerprint density at radius 2 is 2.00 bits per heavy atom. The predicted octanol–water partition coefficient (Wildman–Crippen LogP) is 4.30. The van der Waals surface area contributed by atoms with E-state index in [2.05, 4.69) is 22.9 Å². The Morgan fingerprint density at radius 3 is 2.58 bits per heavy atom. The first-order valence-corrected chi connectivity index (χ1v) is 7.15. The summed E-state index contributed by atoms with van der Waals surface area (Å²) >= 11 is 3.34. The molecule has 0 fully saturated rings. The average Bonchev–Trinajstić information content (AvgIpc) is 2.85. The maximum Gasteiger partial charge on any atom is 0.150 e. The summed E-state index contributed by atoms with van der Waals surface area (Å²) in [6.07, 6.45) is 2.94. The number of ether oxygens (including phenoxy) is 1. The molecule has 0 aliphatic rings. The molecule has 2 rings (SSSR count). The van der Waals surface area contributed by atoms with Crippen molar-refractivity contribution < 1.29 is 14.3 Å². The number of hydrogen-bond acceptors (Lipinski definition) is 3. The van der Waals surface area contributed by atoms with Crippen LogP contribution in [0.2, 0.25) is 0 Å². The van der Waals surface area contributed by atoms with Crippen molar-refractivity contribution in [2.45, 2.75) is 25.9 Å². The molecular weight excluding hydrogens is 308 g/mol. The Bertz CT molecular complexity index is 504. The number of aliphatic hydroxyl groups excluding tert-OH is 1. The van der Waals surface area contributed by atoms with Crippen LogP contribution in [0.15, 0.2) is 45.5 Å². The molecule has 4 heteroatoms. The standard InChI is InChI=1S/C15H17BrO3/c1-2-3-9-18-12-6-4-11(5-7-12)14(17)15-13(16)8-10-19-15/h4-8,10,14,17H,2-3,9H2,1H3. The largest absolute Gasteiger partial charge is 0.494 e. The van der Waals surface area contributed by atoms with Crippen molar-refractivity contribution in [2.24, 2.45) is 0 Å². The molecule has 1 aromatic carbocycles. The average molecular weight is 325 g/mol. The van der Waals surface area contributed by atoms with Gasteiger partial charge >= 0.3 is 0 Å². The van der Waals surface area contributed by atoms with Gasteiger partial charge in [-0.3, -0.25) is 0 Å². The Hall–Kier alpha value is -1.26. The van der Waals surface area contributed by atoms with Crippen LogP contribution < -0.4 is 4.74 Å². The van der Waals surface area contributed by atoms with Crippen LogP contribution in [0, 0.1) is 0 Å². The molecule has 1 N–H and O–H groups in total. The highest BCUT2D eigenvalue weighted by Gasteiger charge is 2.16. The molecule has 0 bridgehead atoms. The van der Waals surface area contributed by atoms with Crippen molar-refractivity contribution in [2.75, 3.05) is 6.61 Å². The van der Waals surface area contributed by atoms with E-state index in [0.717, 1.165) is 35.2 Å². The molecule has 1 unspecified atom stereocenters. The molecule has 0 saturated heterocycles. The fourth-order valence-corrected chi connectivity index (χ4v) is 2.15. The van der Waals surface area contributed by atoms with E-state index in [0.29, 0.717) is 5.76 Å². The van der Waals surface area contributed by atoms with Crippen LogP contribution in [0.1, 0.15) is 37.2 Å². The van der Waals surface area contributed by atoms with Gasteiger partial charge in [0, 0.05) is 0 Å². The molecule has 0 aliphatic carbocycles. The van der Waals surface area contributed by atoms with Gasteiger partial charge in [-0.25, -0.2) is 0 Å². The van der Waals surface area contributed by atoms with Crippen molar-refractivity contribution in [3.05, 3.63) is 52.4 Å². The second kappa shape index (κ2) is 6.78. The van der Waals surface area contributed by atoms with E-state index >= 15 is 0 Å². The summed E-state index contributed by atoms with van der Waals surface area (Å²) < 4.78 is 11.6. The van der Waals surface area contributed by atoms with Crippen LogP contribution in [-0.2, 0) is 0 Å². The molecule has 1 aromatic heterocycles. The van der Waals surface area contributed by atoms with Gasteiger partial charge in [0.1, 0.15) is 11.9 Å². The molecule has 3 nitrogen and oxygen atoms in total. The highest BCUT2D eigenvalue weighted by molar-refractivity contribution is 9.10. The van der Waals surface area contributed by atoms with E-state index in [4.69, 9.17) is 9.15 Å². The van der Waals surface area contributed by atoms with Gasteiger partial charge in [-0.15, -0.1) is 0 Å². The fraction of sp³-hybridized carbons (Fsp3) is 0.333. The molecule has 19 heavy (non-hydrogen) atoms. The molecule has 0 aliphatic heterocycles. The summed E-state index contributed by atoms with van der Waals surface area (Å²) in [6, 6.07) is 9.19. The van der Waals surface area contributed by atoms with Gasteiger partial charge in [-0.1, -0.05) is 25.5 Å². The molecule has 1 atom stereocenters. The summed E-state index contributed by atoms with van der Waals surface area (Å²) in [5.74, 6) is 1.34. The quantitative estimate of drug-likeness (QED) is 0.805. The van der Waals surface area contributed by atoms with Gasteiger partial charge in [-0.2, -0.15) is 0 Å². The Kier molecular flexibility index (Phi) is 5.05. The van der Waals surface area contributed by atoms with Gasteiger partial charge < -0.3 is 14.3 Å². The molecule has 2 aromatic rings. The van der Waals surface area contributed by atoms with E-state index in [9.17, 15) is 5.11 Å². The van der Waals surface area contributed by atoms with Gasteiger partial charge in [0.15, 0.2) is 5.76 Å². The van der Waals surface area contributed by atoms with Crippen LogP contribution in [0.5, 0.6) is 5.75 Å². The molecule has 102 valence electrons. The lowest BCUT2D eigenvalue weighted by atomic mass is 10.1. The lowest BCUT2D eigenvalue weighted by Gasteiger charge is -2.10. The molecule has 1 heterocycles. The minimum atomic E-state index is -0.769. The van der Waals surface area contributed by atoms with Gasteiger partial charge in [-0.05, 0) is 46.1 Å². The van der Waals surface area contributed by atoms with E-state index in [1.165, 1.54) is 0 Å². The number of aliphatic hydroxyl groups is 1. The normalized spacial score (nSPS) is 12.4. The maximum absolute atomic E-state index is 10.2. The fourth-order valence-electron chi connectivity index (χ4n) is 1.73. The number of halogens is 1. The topological polar surface area (TPSA) is 42.6 Å². The van der Waals surface area contributed by atoms with Crippen LogP contribution in [0.3, 0.4) is 0 Å². The predicted molar refractivity (Wildman–Crippen MR) is 77.3 cm³/mol.